The minimum absolute atomic E-state index is 0.0505. The lowest BCUT2D eigenvalue weighted by molar-refractivity contribution is -0.117. The highest BCUT2D eigenvalue weighted by atomic mass is 16.3. The van der Waals surface area contributed by atoms with Gasteiger partial charge in [-0.15, -0.1) is 0 Å². The molecule has 0 saturated carbocycles. The van der Waals surface area contributed by atoms with Gasteiger partial charge in [-0.1, -0.05) is 6.92 Å². The number of amides is 1. The Kier molecular flexibility index (Phi) is 4.62. The molecule has 0 aromatic heterocycles. The van der Waals surface area contributed by atoms with Crippen LogP contribution in [0.25, 0.3) is 0 Å². The van der Waals surface area contributed by atoms with E-state index in [4.69, 9.17) is 5.73 Å². The summed E-state index contributed by atoms with van der Waals surface area (Å²) in [4.78, 5) is 14.2. The number of nitrogens with one attached hydrogen (secondary N) is 1. The molecule has 0 spiro atoms. The van der Waals surface area contributed by atoms with Crippen LogP contribution in [0.4, 0.5) is 11.4 Å². The van der Waals surface area contributed by atoms with Gasteiger partial charge >= 0.3 is 0 Å². The second-order valence-electron chi connectivity index (χ2n) is 5.61. The number of carbonyl (C=O) groups is 1. The number of nitrogens with zero attached hydrogens (tertiary/aromatic N) is 1. The summed E-state index contributed by atoms with van der Waals surface area (Å²) >= 11 is 0. The van der Waals surface area contributed by atoms with E-state index >= 15 is 0 Å². The molecule has 1 fully saturated rings. The Morgan fingerprint density at radius 1 is 1.55 bits per heavy atom. The minimum Gasteiger partial charge on any atom is -0.399 e. The van der Waals surface area contributed by atoms with Crippen molar-refractivity contribution in [2.24, 2.45) is 5.92 Å². The molecule has 1 saturated heterocycles. The van der Waals surface area contributed by atoms with E-state index in [2.05, 4.69) is 12.2 Å². The number of rotatable bonds is 4. The number of nitrogens with two attached hydrogens (primary N) is 1. The standard InChI is InChI=1S/C15H23N3O2/c1-10-5-6-18(14(10)9-19)8-15(20)17-13-4-3-12(16)7-11(13)2/h3-4,7,10,14,19H,5-6,8-9,16H2,1-2H3,(H,17,20). The van der Waals surface area contributed by atoms with Crippen molar-refractivity contribution in [3.63, 3.8) is 0 Å². The fourth-order valence-electron chi connectivity index (χ4n) is 2.78. The number of hydrogen-bond acceptors (Lipinski definition) is 4. The van der Waals surface area contributed by atoms with Gasteiger partial charge in [-0.3, -0.25) is 9.69 Å². The van der Waals surface area contributed by atoms with Crippen LogP contribution >= 0.6 is 0 Å². The molecule has 1 aliphatic rings. The van der Waals surface area contributed by atoms with Crippen LogP contribution in [0.15, 0.2) is 18.2 Å². The zero-order valence-electron chi connectivity index (χ0n) is 12.1. The normalized spacial score (nSPS) is 22.9. The van der Waals surface area contributed by atoms with Gasteiger partial charge < -0.3 is 16.2 Å². The first kappa shape index (κ1) is 14.8. The predicted octanol–water partition coefficient (Wildman–Crippen LogP) is 1.22. The first-order valence-electron chi connectivity index (χ1n) is 7.02. The van der Waals surface area contributed by atoms with E-state index in [1.807, 2.05) is 24.0 Å². The molecule has 0 bridgehead atoms. The quantitative estimate of drug-likeness (QED) is 0.723. The summed E-state index contributed by atoms with van der Waals surface area (Å²) in [5.74, 6) is 0.386. The number of likely N-dealkylation sites (tertiary alicyclic amines) is 1. The predicted molar refractivity (Wildman–Crippen MR) is 80.4 cm³/mol. The highest BCUT2D eigenvalue weighted by Gasteiger charge is 2.31. The first-order valence-corrected chi connectivity index (χ1v) is 7.02. The van der Waals surface area contributed by atoms with E-state index < -0.39 is 0 Å². The molecule has 2 atom stereocenters. The number of carbonyl (C=O) groups excluding carboxylic acids is 1. The Hall–Kier alpha value is -1.59. The highest BCUT2D eigenvalue weighted by Crippen LogP contribution is 2.23. The lowest BCUT2D eigenvalue weighted by atomic mass is 10.0. The Bertz CT molecular complexity index is 490. The maximum Gasteiger partial charge on any atom is 0.238 e. The van der Waals surface area contributed by atoms with E-state index in [0.29, 0.717) is 18.2 Å². The first-order chi connectivity index (χ1) is 9.51. The molecule has 110 valence electrons. The zero-order valence-corrected chi connectivity index (χ0v) is 12.1. The second-order valence-corrected chi connectivity index (χ2v) is 5.61. The third-order valence-electron chi connectivity index (χ3n) is 4.06. The average molecular weight is 277 g/mol. The average Bonchev–Trinajstić information content (AvgIpc) is 2.73. The molecule has 1 amide bonds. The van der Waals surface area contributed by atoms with Gasteiger partial charge in [0.05, 0.1) is 13.2 Å². The summed E-state index contributed by atoms with van der Waals surface area (Å²) in [6.45, 7) is 5.32. The summed E-state index contributed by atoms with van der Waals surface area (Å²) in [5, 5.41) is 12.3. The van der Waals surface area contributed by atoms with Crippen LogP contribution in [0.2, 0.25) is 0 Å². The highest BCUT2D eigenvalue weighted by molar-refractivity contribution is 5.93. The van der Waals surface area contributed by atoms with E-state index in [-0.39, 0.29) is 18.6 Å². The zero-order chi connectivity index (χ0) is 14.7. The Morgan fingerprint density at radius 2 is 2.30 bits per heavy atom. The minimum atomic E-state index is -0.0505. The Balaban J connectivity index is 1.95. The van der Waals surface area contributed by atoms with Crippen LogP contribution in [0.5, 0.6) is 0 Å². The van der Waals surface area contributed by atoms with Gasteiger partial charge in [0.25, 0.3) is 0 Å². The number of aryl methyl sites for hydroxylation is 1. The largest absolute Gasteiger partial charge is 0.399 e. The van der Waals surface area contributed by atoms with Crippen molar-refractivity contribution in [2.45, 2.75) is 26.3 Å². The fourth-order valence-corrected chi connectivity index (χ4v) is 2.78. The van der Waals surface area contributed by atoms with E-state index in [0.717, 1.165) is 24.2 Å². The van der Waals surface area contributed by atoms with Crippen molar-refractivity contribution in [3.05, 3.63) is 23.8 Å². The van der Waals surface area contributed by atoms with Crippen molar-refractivity contribution in [3.8, 4) is 0 Å². The van der Waals surface area contributed by atoms with Gasteiger partial charge in [0.15, 0.2) is 0 Å². The molecule has 5 nitrogen and oxygen atoms in total. The van der Waals surface area contributed by atoms with E-state index in [9.17, 15) is 9.90 Å². The molecule has 1 aliphatic heterocycles. The van der Waals surface area contributed by atoms with Crippen molar-refractivity contribution in [1.29, 1.82) is 0 Å². The van der Waals surface area contributed by atoms with Crippen LogP contribution in [-0.4, -0.2) is 41.7 Å². The molecule has 5 heteroatoms. The fraction of sp³-hybridized carbons (Fsp3) is 0.533. The van der Waals surface area contributed by atoms with E-state index in [1.54, 1.807) is 6.07 Å². The smallest absolute Gasteiger partial charge is 0.238 e. The van der Waals surface area contributed by atoms with Crippen LogP contribution in [-0.2, 0) is 4.79 Å². The van der Waals surface area contributed by atoms with Crippen LogP contribution in [0, 0.1) is 12.8 Å². The number of nitrogen functional groups attached to an aromatic ring is 1. The monoisotopic (exact) mass is 277 g/mol. The summed E-state index contributed by atoms with van der Waals surface area (Å²) < 4.78 is 0. The van der Waals surface area contributed by atoms with Gasteiger partial charge in [0.2, 0.25) is 5.91 Å². The molecule has 4 N–H and O–H groups in total. The van der Waals surface area contributed by atoms with Crippen LogP contribution in [0.1, 0.15) is 18.9 Å². The summed E-state index contributed by atoms with van der Waals surface area (Å²) in [7, 11) is 0. The summed E-state index contributed by atoms with van der Waals surface area (Å²) in [5.41, 5.74) is 8.12. The van der Waals surface area contributed by atoms with Gasteiger partial charge in [-0.2, -0.15) is 0 Å². The topological polar surface area (TPSA) is 78.6 Å². The molecule has 1 aromatic carbocycles. The lowest BCUT2D eigenvalue weighted by Gasteiger charge is -2.24. The molecule has 2 unspecified atom stereocenters. The van der Waals surface area contributed by atoms with E-state index in [1.165, 1.54) is 0 Å². The SMILES string of the molecule is Cc1cc(N)ccc1NC(=O)CN1CCC(C)C1CO. The van der Waals surface area contributed by atoms with Gasteiger partial charge in [-0.05, 0) is 49.6 Å². The number of hydrogen-bond donors (Lipinski definition) is 3. The van der Waals surface area contributed by atoms with Crippen molar-refractivity contribution in [1.82, 2.24) is 4.90 Å². The molecule has 0 aliphatic carbocycles. The summed E-state index contributed by atoms with van der Waals surface area (Å²) in [6, 6.07) is 5.52. The molecule has 0 radical (unpaired) electrons. The third kappa shape index (κ3) is 3.29. The van der Waals surface area contributed by atoms with Gasteiger partial charge in [-0.25, -0.2) is 0 Å². The lowest BCUT2D eigenvalue weighted by Crippen LogP contribution is -2.40. The van der Waals surface area contributed by atoms with Crippen molar-refractivity contribution in [2.75, 3.05) is 30.7 Å². The second kappa shape index (κ2) is 6.24. The molecule has 1 heterocycles. The number of aliphatic hydroxyl groups is 1. The number of anilines is 2. The molecular weight excluding hydrogens is 254 g/mol. The maximum absolute atomic E-state index is 12.1. The van der Waals surface area contributed by atoms with Gasteiger partial charge in [0, 0.05) is 17.4 Å². The maximum atomic E-state index is 12.1. The van der Waals surface area contributed by atoms with Gasteiger partial charge in [0.1, 0.15) is 0 Å². The number of benzene rings is 1. The summed E-state index contributed by atoms with van der Waals surface area (Å²) in [6.07, 6.45) is 1.03. The van der Waals surface area contributed by atoms with Crippen LogP contribution < -0.4 is 11.1 Å². The third-order valence-corrected chi connectivity index (χ3v) is 4.06. The number of aliphatic hydroxyl groups excluding tert-OH is 1. The molecule has 2 rings (SSSR count). The Labute approximate surface area is 119 Å². The molecule has 1 aromatic rings. The molecular formula is C15H23N3O2. The van der Waals surface area contributed by atoms with Crippen molar-refractivity contribution >= 4 is 17.3 Å². The molecule has 20 heavy (non-hydrogen) atoms. The van der Waals surface area contributed by atoms with Crippen LogP contribution in [0.3, 0.4) is 0 Å². The Morgan fingerprint density at radius 3 is 2.95 bits per heavy atom. The van der Waals surface area contributed by atoms with Crippen molar-refractivity contribution < 1.29 is 9.90 Å².